The number of phenols is 1. The quantitative estimate of drug-likeness (QED) is 0.482. The summed E-state index contributed by atoms with van der Waals surface area (Å²) in [5.41, 5.74) is 0. The number of nitrogens with one attached hydrogen (secondary N) is 1. The monoisotopic (exact) mass is 402 g/mol. The van der Waals surface area contributed by atoms with E-state index in [1.807, 2.05) is 6.07 Å². The maximum absolute atomic E-state index is 11.7. The molecule has 0 bridgehead atoms. The lowest BCUT2D eigenvalue weighted by Crippen LogP contribution is -2.31. The van der Waals surface area contributed by atoms with E-state index >= 15 is 0 Å². The van der Waals surface area contributed by atoms with Crippen LogP contribution in [0, 0.1) is 5.92 Å². The third-order valence-corrected chi connectivity index (χ3v) is 5.11. The molecule has 0 saturated carbocycles. The zero-order valence-corrected chi connectivity index (χ0v) is 16.8. The molecule has 6 nitrogen and oxygen atoms in total. The van der Waals surface area contributed by atoms with Crippen molar-refractivity contribution in [3.63, 3.8) is 0 Å². The minimum absolute atomic E-state index is 0.0847. The van der Waals surface area contributed by atoms with Gasteiger partial charge in [-0.15, -0.1) is 0 Å². The number of alkyl carbamates (subject to hydrolysis) is 1. The number of benzene rings is 1. The Bertz CT molecular complexity index is 582. The molecule has 1 aromatic rings. The smallest absolute Gasteiger partial charge is 0.407 e. The van der Waals surface area contributed by atoms with Crippen LogP contribution in [0.4, 0.5) is 4.79 Å². The molecule has 0 aromatic heterocycles. The van der Waals surface area contributed by atoms with Crippen LogP contribution in [-0.4, -0.2) is 54.5 Å². The van der Waals surface area contributed by atoms with Crippen molar-refractivity contribution in [1.82, 2.24) is 9.62 Å². The van der Waals surface area contributed by atoms with Gasteiger partial charge >= 0.3 is 6.09 Å². The van der Waals surface area contributed by atoms with Gasteiger partial charge in [-0.1, -0.05) is 25.4 Å². The van der Waals surface area contributed by atoms with Crippen LogP contribution >= 0.6 is 23.5 Å². The molecule has 1 aromatic carbocycles. The average Bonchev–Trinajstić information content (AvgIpc) is 3.07. The maximum atomic E-state index is 11.7. The van der Waals surface area contributed by atoms with Gasteiger partial charge in [-0.3, -0.25) is 0 Å². The molecule has 1 saturated heterocycles. The Morgan fingerprint density at radius 2 is 2.35 bits per heavy atom. The second-order valence-electron chi connectivity index (χ2n) is 6.66. The molecule has 1 heterocycles. The lowest BCUT2D eigenvalue weighted by Gasteiger charge is -2.23. The van der Waals surface area contributed by atoms with Gasteiger partial charge in [-0.05, 0) is 42.5 Å². The van der Waals surface area contributed by atoms with Crippen molar-refractivity contribution >= 4 is 29.6 Å². The number of amides is 1. The summed E-state index contributed by atoms with van der Waals surface area (Å²) in [6, 6.07) is 5.25. The second kappa shape index (κ2) is 10.9. The molecule has 1 fully saturated rings. The van der Waals surface area contributed by atoms with Crippen LogP contribution in [0.1, 0.15) is 26.7 Å². The molecule has 2 rings (SSSR count). The Kier molecular flexibility index (Phi) is 8.84. The first-order valence-electron chi connectivity index (χ1n) is 8.87. The normalized spacial score (nSPS) is 17.0. The van der Waals surface area contributed by atoms with E-state index in [4.69, 9.17) is 21.1 Å². The fourth-order valence-electron chi connectivity index (χ4n) is 2.52. The predicted molar refractivity (Wildman–Crippen MR) is 104 cm³/mol. The highest BCUT2D eigenvalue weighted by Crippen LogP contribution is 2.31. The van der Waals surface area contributed by atoms with Crippen molar-refractivity contribution < 1.29 is 19.4 Å². The molecule has 0 aliphatic carbocycles. The number of halogens is 1. The summed E-state index contributed by atoms with van der Waals surface area (Å²) in [7, 11) is 0. The van der Waals surface area contributed by atoms with E-state index < -0.39 is 0 Å². The fraction of sp³-hybridized carbons (Fsp3) is 0.611. The predicted octanol–water partition coefficient (Wildman–Crippen LogP) is 3.92. The highest BCUT2D eigenvalue weighted by molar-refractivity contribution is 7.97. The van der Waals surface area contributed by atoms with Crippen molar-refractivity contribution in [3.8, 4) is 5.75 Å². The maximum Gasteiger partial charge on any atom is 0.407 e. The number of ether oxygens (including phenoxy) is 2. The van der Waals surface area contributed by atoms with Gasteiger partial charge < -0.3 is 19.9 Å². The number of nitrogens with zero attached hydrogens (tertiary/aromatic N) is 1. The Labute approximate surface area is 164 Å². The molecule has 26 heavy (non-hydrogen) atoms. The molecule has 2 N–H and O–H groups in total. The van der Waals surface area contributed by atoms with Crippen LogP contribution in [0.25, 0.3) is 0 Å². The first-order valence-corrected chi connectivity index (χ1v) is 10.0. The molecule has 1 atom stereocenters. The minimum Gasteiger partial charge on any atom is -0.506 e. The first-order chi connectivity index (χ1) is 12.4. The second-order valence-corrected chi connectivity index (χ2v) is 8.24. The van der Waals surface area contributed by atoms with Crippen molar-refractivity contribution in [1.29, 1.82) is 0 Å². The SMILES string of the molecule is CC(C)CN(CCCNC(=O)OC1CCOC1)Sc1ccc(Cl)c(O)c1. The fourth-order valence-corrected chi connectivity index (χ4v) is 3.83. The molecular weight excluding hydrogens is 376 g/mol. The largest absolute Gasteiger partial charge is 0.506 e. The van der Waals surface area contributed by atoms with Crippen molar-refractivity contribution in [2.24, 2.45) is 5.92 Å². The van der Waals surface area contributed by atoms with Crippen molar-refractivity contribution in [2.45, 2.75) is 37.7 Å². The molecule has 8 heteroatoms. The van der Waals surface area contributed by atoms with Crippen LogP contribution in [0.5, 0.6) is 5.75 Å². The summed E-state index contributed by atoms with van der Waals surface area (Å²) in [4.78, 5) is 12.7. The highest BCUT2D eigenvalue weighted by Gasteiger charge is 2.19. The molecule has 1 amide bonds. The third kappa shape index (κ3) is 7.61. The number of aromatic hydroxyl groups is 1. The number of carbonyl (C=O) groups excluding carboxylic acids is 1. The Balaban J connectivity index is 1.74. The van der Waals surface area contributed by atoms with E-state index in [0.717, 1.165) is 30.8 Å². The van der Waals surface area contributed by atoms with Gasteiger partial charge in [0, 0.05) is 31.0 Å². The zero-order chi connectivity index (χ0) is 18.9. The first kappa shape index (κ1) is 21.2. The molecule has 1 aliphatic heterocycles. The number of hydrogen-bond acceptors (Lipinski definition) is 6. The van der Waals surface area contributed by atoms with Gasteiger partial charge in [0.2, 0.25) is 0 Å². The van der Waals surface area contributed by atoms with E-state index in [-0.39, 0.29) is 17.9 Å². The number of carbonyl (C=O) groups is 1. The van der Waals surface area contributed by atoms with Gasteiger partial charge in [0.1, 0.15) is 11.9 Å². The highest BCUT2D eigenvalue weighted by atomic mass is 35.5. The van der Waals surface area contributed by atoms with Gasteiger partial charge in [-0.25, -0.2) is 9.10 Å². The zero-order valence-electron chi connectivity index (χ0n) is 15.2. The van der Waals surface area contributed by atoms with E-state index in [1.54, 1.807) is 24.1 Å². The minimum atomic E-state index is -0.383. The summed E-state index contributed by atoms with van der Waals surface area (Å²) in [5, 5.41) is 12.9. The van der Waals surface area contributed by atoms with Crippen LogP contribution in [0.15, 0.2) is 23.1 Å². The van der Waals surface area contributed by atoms with Gasteiger partial charge in [0.05, 0.1) is 18.2 Å². The third-order valence-electron chi connectivity index (χ3n) is 3.74. The van der Waals surface area contributed by atoms with E-state index in [2.05, 4.69) is 23.5 Å². The van der Waals surface area contributed by atoms with Crippen molar-refractivity contribution in [2.75, 3.05) is 32.8 Å². The summed E-state index contributed by atoms with van der Waals surface area (Å²) >= 11 is 7.44. The molecule has 1 unspecified atom stereocenters. The summed E-state index contributed by atoms with van der Waals surface area (Å²) in [6.45, 7) is 7.71. The summed E-state index contributed by atoms with van der Waals surface area (Å²) in [6.07, 6.45) is 1.06. The summed E-state index contributed by atoms with van der Waals surface area (Å²) < 4.78 is 12.7. The van der Waals surface area contributed by atoms with E-state index in [0.29, 0.717) is 30.7 Å². The Hall–Kier alpha value is -1.15. The standard InChI is InChI=1S/C18H27ClN2O4S/c1-13(2)11-21(26-15-4-5-16(19)17(22)10-15)8-3-7-20-18(23)25-14-6-9-24-12-14/h4-5,10,13-14,22H,3,6-9,11-12H2,1-2H3,(H,20,23). The number of hydrogen-bond donors (Lipinski definition) is 2. The topological polar surface area (TPSA) is 71.0 Å². The Morgan fingerprint density at radius 3 is 3.00 bits per heavy atom. The van der Waals surface area contributed by atoms with Gasteiger partial charge in [-0.2, -0.15) is 0 Å². The van der Waals surface area contributed by atoms with E-state index in [1.165, 1.54) is 0 Å². The average molecular weight is 403 g/mol. The van der Waals surface area contributed by atoms with Crippen LogP contribution in [0.3, 0.4) is 0 Å². The lowest BCUT2D eigenvalue weighted by atomic mass is 10.2. The van der Waals surface area contributed by atoms with Gasteiger partial charge in [0.25, 0.3) is 0 Å². The van der Waals surface area contributed by atoms with Crippen LogP contribution in [0.2, 0.25) is 5.02 Å². The van der Waals surface area contributed by atoms with Crippen LogP contribution in [-0.2, 0) is 9.47 Å². The van der Waals surface area contributed by atoms with Crippen LogP contribution < -0.4 is 5.32 Å². The van der Waals surface area contributed by atoms with Crippen molar-refractivity contribution in [3.05, 3.63) is 23.2 Å². The molecular formula is C18H27ClN2O4S. The molecule has 146 valence electrons. The molecule has 0 spiro atoms. The van der Waals surface area contributed by atoms with Gasteiger partial charge in [0.15, 0.2) is 0 Å². The molecule has 1 aliphatic rings. The lowest BCUT2D eigenvalue weighted by molar-refractivity contribution is 0.0831. The molecule has 0 radical (unpaired) electrons. The number of rotatable bonds is 9. The Morgan fingerprint density at radius 1 is 1.54 bits per heavy atom. The van der Waals surface area contributed by atoms with E-state index in [9.17, 15) is 9.90 Å². The number of phenolic OH excluding ortho intramolecular Hbond substituents is 1. The summed E-state index contributed by atoms with van der Waals surface area (Å²) in [5.74, 6) is 0.588.